The number of aryl methyl sites for hydroxylation is 1. The number of nitrogens with two attached hydrogens (primary N) is 1. The summed E-state index contributed by atoms with van der Waals surface area (Å²) in [6, 6.07) is 7.71. The predicted molar refractivity (Wildman–Crippen MR) is 120 cm³/mol. The summed E-state index contributed by atoms with van der Waals surface area (Å²) in [6.07, 6.45) is 3.24. The fourth-order valence-corrected chi connectivity index (χ4v) is 5.30. The zero-order chi connectivity index (χ0) is 20.4. The molecule has 8 heteroatoms. The lowest BCUT2D eigenvalue weighted by atomic mass is 10.0. The standard InChI is InChI=1S/C21H24N4O2S2/c1-3-4-14-9-15-16(10-27-14)29-20-18(15)19(22)24-21(25-20)28-11-17(26)23-13-7-5-12(2)6-8-13/h5-8,14H,3-4,9-11H2,1-2H3,(H,23,26)(H2,22,24,25)/t14-/m0/s1. The van der Waals surface area contributed by atoms with E-state index < -0.39 is 0 Å². The highest BCUT2D eigenvalue weighted by Crippen LogP contribution is 2.38. The molecule has 2 aromatic heterocycles. The maximum atomic E-state index is 12.2. The Kier molecular flexibility index (Phi) is 6.03. The number of anilines is 2. The van der Waals surface area contributed by atoms with Crippen molar-refractivity contribution < 1.29 is 9.53 Å². The molecule has 1 amide bonds. The molecule has 0 saturated heterocycles. The van der Waals surface area contributed by atoms with E-state index in [1.807, 2.05) is 31.2 Å². The van der Waals surface area contributed by atoms with Crippen LogP contribution in [0.25, 0.3) is 10.2 Å². The number of benzene rings is 1. The lowest BCUT2D eigenvalue weighted by Gasteiger charge is -2.22. The highest BCUT2D eigenvalue weighted by atomic mass is 32.2. The second-order valence-corrected chi connectivity index (χ2v) is 9.23. The van der Waals surface area contributed by atoms with Gasteiger partial charge in [-0.15, -0.1) is 11.3 Å². The van der Waals surface area contributed by atoms with Crippen LogP contribution in [0.15, 0.2) is 29.4 Å². The van der Waals surface area contributed by atoms with Crippen molar-refractivity contribution in [1.29, 1.82) is 0 Å². The molecule has 0 bridgehead atoms. The maximum absolute atomic E-state index is 12.2. The van der Waals surface area contributed by atoms with Crippen LogP contribution in [-0.4, -0.2) is 27.7 Å². The van der Waals surface area contributed by atoms with Crippen LogP contribution in [-0.2, 0) is 22.6 Å². The highest BCUT2D eigenvalue weighted by Gasteiger charge is 2.25. The van der Waals surface area contributed by atoms with Crippen LogP contribution < -0.4 is 11.1 Å². The van der Waals surface area contributed by atoms with E-state index in [-0.39, 0.29) is 17.8 Å². The van der Waals surface area contributed by atoms with E-state index in [9.17, 15) is 4.79 Å². The first-order chi connectivity index (χ1) is 14.0. The third-order valence-electron chi connectivity index (χ3n) is 4.90. The molecule has 1 aliphatic heterocycles. The van der Waals surface area contributed by atoms with Gasteiger partial charge in [0.05, 0.1) is 23.8 Å². The van der Waals surface area contributed by atoms with Gasteiger partial charge in [0.25, 0.3) is 0 Å². The molecule has 1 aliphatic rings. The summed E-state index contributed by atoms with van der Waals surface area (Å²) < 4.78 is 5.95. The van der Waals surface area contributed by atoms with Gasteiger partial charge in [-0.2, -0.15) is 0 Å². The van der Waals surface area contributed by atoms with Gasteiger partial charge >= 0.3 is 0 Å². The topological polar surface area (TPSA) is 90.1 Å². The Morgan fingerprint density at radius 2 is 2.14 bits per heavy atom. The Morgan fingerprint density at radius 3 is 2.90 bits per heavy atom. The molecular formula is C21H24N4O2S2. The maximum Gasteiger partial charge on any atom is 0.234 e. The molecule has 152 valence electrons. The number of ether oxygens (including phenoxy) is 1. The van der Waals surface area contributed by atoms with Crippen molar-refractivity contribution in [2.75, 3.05) is 16.8 Å². The van der Waals surface area contributed by atoms with Crippen LogP contribution in [0.4, 0.5) is 11.5 Å². The number of hydrogen-bond donors (Lipinski definition) is 2. The van der Waals surface area contributed by atoms with E-state index in [1.165, 1.54) is 22.2 Å². The average molecular weight is 429 g/mol. The van der Waals surface area contributed by atoms with Gasteiger partial charge in [0, 0.05) is 17.0 Å². The van der Waals surface area contributed by atoms with E-state index in [1.54, 1.807) is 11.3 Å². The Labute approximate surface area is 178 Å². The molecule has 3 aromatic rings. The van der Waals surface area contributed by atoms with Crippen LogP contribution in [0.3, 0.4) is 0 Å². The fourth-order valence-electron chi connectivity index (χ4n) is 3.46. The van der Waals surface area contributed by atoms with Crippen LogP contribution in [0.5, 0.6) is 0 Å². The number of thiophene rings is 1. The summed E-state index contributed by atoms with van der Waals surface area (Å²) in [5.41, 5.74) is 9.46. The molecule has 0 saturated carbocycles. The minimum atomic E-state index is -0.0950. The summed E-state index contributed by atoms with van der Waals surface area (Å²) >= 11 is 2.91. The van der Waals surface area contributed by atoms with Crippen molar-refractivity contribution >= 4 is 50.7 Å². The predicted octanol–water partition coefficient (Wildman–Crippen LogP) is 4.55. The van der Waals surface area contributed by atoms with Crippen molar-refractivity contribution in [1.82, 2.24) is 9.97 Å². The number of nitrogens with one attached hydrogen (secondary N) is 1. The van der Waals surface area contributed by atoms with Crippen LogP contribution in [0, 0.1) is 6.92 Å². The van der Waals surface area contributed by atoms with E-state index in [2.05, 4.69) is 22.2 Å². The van der Waals surface area contributed by atoms with Crippen molar-refractivity contribution in [3.63, 3.8) is 0 Å². The first-order valence-corrected chi connectivity index (χ1v) is 11.5. The van der Waals surface area contributed by atoms with E-state index >= 15 is 0 Å². The number of nitrogen functional groups attached to an aromatic ring is 1. The largest absolute Gasteiger partial charge is 0.383 e. The summed E-state index contributed by atoms with van der Waals surface area (Å²) in [5.74, 6) is 0.625. The van der Waals surface area contributed by atoms with Crippen molar-refractivity contribution in [2.45, 2.75) is 51.0 Å². The van der Waals surface area contributed by atoms with Gasteiger partial charge in [-0.3, -0.25) is 4.79 Å². The Balaban J connectivity index is 1.46. The second-order valence-electron chi connectivity index (χ2n) is 7.20. The van der Waals surface area contributed by atoms with Crippen molar-refractivity contribution in [3.8, 4) is 0 Å². The number of fused-ring (bicyclic) bond motifs is 3. The normalized spacial score (nSPS) is 16.0. The molecular weight excluding hydrogens is 404 g/mol. The number of carbonyl (C=O) groups is 1. The van der Waals surface area contributed by atoms with Crippen LogP contribution in [0.2, 0.25) is 0 Å². The Morgan fingerprint density at radius 1 is 1.34 bits per heavy atom. The number of thioether (sulfide) groups is 1. The number of carbonyl (C=O) groups excluding carboxylic acids is 1. The van der Waals surface area contributed by atoms with Crippen molar-refractivity contribution in [2.24, 2.45) is 0 Å². The highest BCUT2D eigenvalue weighted by molar-refractivity contribution is 7.99. The van der Waals surface area contributed by atoms with Gasteiger partial charge in [-0.05, 0) is 31.0 Å². The number of rotatable bonds is 6. The fraction of sp³-hybridized carbons (Fsp3) is 0.381. The van der Waals surface area contributed by atoms with Gasteiger partial charge in [0.2, 0.25) is 5.91 Å². The number of amides is 1. The lowest BCUT2D eigenvalue weighted by Crippen LogP contribution is -2.21. The summed E-state index contributed by atoms with van der Waals surface area (Å²) in [5, 5.41) is 4.37. The zero-order valence-corrected chi connectivity index (χ0v) is 18.2. The van der Waals surface area contributed by atoms with E-state index in [0.29, 0.717) is 17.6 Å². The van der Waals surface area contributed by atoms with Gasteiger partial charge in [-0.1, -0.05) is 42.8 Å². The molecule has 0 spiro atoms. The molecule has 0 fully saturated rings. The van der Waals surface area contributed by atoms with E-state index in [4.69, 9.17) is 10.5 Å². The molecule has 29 heavy (non-hydrogen) atoms. The third kappa shape index (κ3) is 4.55. The third-order valence-corrected chi connectivity index (χ3v) is 6.85. The molecule has 3 heterocycles. The number of hydrogen-bond acceptors (Lipinski definition) is 7. The van der Waals surface area contributed by atoms with Gasteiger partial charge < -0.3 is 15.8 Å². The molecule has 0 radical (unpaired) electrons. The van der Waals surface area contributed by atoms with Gasteiger partial charge in [0.15, 0.2) is 5.16 Å². The zero-order valence-electron chi connectivity index (χ0n) is 16.5. The first kappa shape index (κ1) is 20.1. The number of aromatic nitrogens is 2. The molecule has 4 rings (SSSR count). The Hall–Kier alpha value is -2.16. The smallest absolute Gasteiger partial charge is 0.234 e. The second kappa shape index (κ2) is 8.69. The number of nitrogens with zero attached hydrogens (tertiary/aromatic N) is 2. The van der Waals surface area contributed by atoms with Crippen LogP contribution in [0.1, 0.15) is 35.8 Å². The van der Waals surface area contributed by atoms with Crippen molar-refractivity contribution in [3.05, 3.63) is 40.3 Å². The van der Waals surface area contributed by atoms with Gasteiger partial charge in [0.1, 0.15) is 10.6 Å². The SMILES string of the molecule is CCC[C@H]1Cc2c(sc3nc(SCC(=O)Nc4ccc(C)cc4)nc(N)c23)CO1. The quantitative estimate of drug-likeness (QED) is 0.442. The van der Waals surface area contributed by atoms with Crippen LogP contribution >= 0.6 is 23.1 Å². The Bertz CT molecular complexity index is 1030. The minimum Gasteiger partial charge on any atom is -0.383 e. The lowest BCUT2D eigenvalue weighted by molar-refractivity contribution is -0.113. The molecule has 1 aromatic carbocycles. The molecule has 0 unspecified atom stereocenters. The first-order valence-electron chi connectivity index (χ1n) is 9.72. The molecule has 6 nitrogen and oxygen atoms in total. The molecule has 0 aliphatic carbocycles. The molecule has 1 atom stereocenters. The van der Waals surface area contributed by atoms with Gasteiger partial charge in [-0.25, -0.2) is 9.97 Å². The monoisotopic (exact) mass is 428 g/mol. The summed E-state index contributed by atoms with van der Waals surface area (Å²) in [4.78, 5) is 23.4. The van der Waals surface area contributed by atoms with E-state index in [0.717, 1.165) is 40.7 Å². The average Bonchev–Trinajstić information content (AvgIpc) is 3.07. The molecule has 3 N–H and O–H groups in total. The summed E-state index contributed by atoms with van der Waals surface area (Å²) in [7, 11) is 0. The minimum absolute atomic E-state index is 0.0950. The summed E-state index contributed by atoms with van der Waals surface area (Å²) in [6.45, 7) is 4.79.